The van der Waals surface area contributed by atoms with Gasteiger partial charge in [0.15, 0.2) is 0 Å². The molecule has 2 heteroatoms. The van der Waals surface area contributed by atoms with E-state index in [1.165, 1.54) is 0 Å². The summed E-state index contributed by atoms with van der Waals surface area (Å²) < 4.78 is 0. The number of aromatic nitrogens is 1. The molecular formula is C24H16ClN. The number of rotatable bonds is 3. The summed E-state index contributed by atoms with van der Waals surface area (Å²) in [6.45, 7) is 0. The smallest absolute Gasteiger partial charge is 0.0729 e. The van der Waals surface area contributed by atoms with Gasteiger partial charge in [-0.3, -0.25) is 0 Å². The Bertz CT molecular complexity index is 1070. The van der Waals surface area contributed by atoms with Crippen LogP contribution in [0.1, 0.15) is 16.8 Å². The van der Waals surface area contributed by atoms with Crippen LogP contribution in [0, 0.1) is 0 Å². The van der Waals surface area contributed by atoms with Crippen molar-refractivity contribution < 1.29 is 0 Å². The lowest BCUT2D eigenvalue weighted by atomic mass is 9.99. The van der Waals surface area contributed by atoms with Gasteiger partial charge in [0.25, 0.3) is 0 Å². The molecule has 124 valence electrons. The van der Waals surface area contributed by atoms with Gasteiger partial charge in [-0.2, -0.15) is 0 Å². The number of nitrogens with zero attached hydrogens (tertiary/aromatic N) is 1. The summed E-state index contributed by atoms with van der Waals surface area (Å²) in [6.07, 6.45) is 1.90. The molecule has 0 amide bonds. The highest BCUT2D eigenvalue weighted by atomic mass is 35.5. The molecule has 1 nitrogen and oxygen atoms in total. The van der Waals surface area contributed by atoms with Crippen LogP contribution in [0.15, 0.2) is 96.7 Å². The van der Waals surface area contributed by atoms with Gasteiger partial charge in [-0.05, 0) is 23.3 Å². The van der Waals surface area contributed by atoms with Crippen molar-refractivity contribution >= 4 is 34.2 Å². The van der Waals surface area contributed by atoms with E-state index in [9.17, 15) is 0 Å². The highest BCUT2D eigenvalue weighted by Crippen LogP contribution is 2.25. The monoisotopic (exact) mass is 353 g/mol. The normalized spacial score (nSPS) is 10.3. The van der Waals surface area contributed by atoms with E-state index in [-0.39, 0.29) is 0 Å². The summed E-state index contributed by atoms with van der Waals surface area (Å²) in [6, 6.07) is 30.3. The topological polar surface area (TPSA) is 12.9 Å². The van der Waals surface area contributed by atoms with E-state index in [1.807, 2.05) is 72.8 Å². The quantitative estimate of drug-likeness (QED) is 0.376. The Kier molecular flexibility index (Phi) is 4.66. The van der Waals surface area contributed by atoms with Gasteiger partial charge in [-0.1, -0.05) is 90.5 Å². The summed E-state index contributed by atoms with van der Waals surface area (Å²) in [5.41, 5.74) is 8.36. The summed E-state index contributed by atoms with van der Waals surface area (Å²) in [7, 11) is 0. The van der Waals surface area contributed by atoms with Gasteiger partial charge in [0, 0.05) is 17.0 Å². The minimum absolute atomic E-state index is 0.699. The molecule has 0 saturated carbocycles. The third-order valence-electron chi connectivity index (χ3n) is 4.17. The predicted octanol–water partition coefficient (Wildman–Crippen LogP) is 6.63. The molecule has 0 saturated heterocycles. The van der Waals surface area contributed by atoms with Crippen molar-refractivity contribution in [3.63, 3.8) is 0 Å². The zero-order chi connectivity index (χ0) is 17.8. The SMILES string of the molecule is Clc1cc(C=C=C(c2ccccc2)c2ccccc2)nc2ccccc12. The fraction of sp³-hybridized carbons (Fsp3) is 0. The van der Waals surface area contributed by atoms with Gasteiger partial charge in [-0.25, -0.2) is 4.98 Å². The lowest BCUT2D eigenvalue weighted by Gasteiger charge is -2.05. The number of hydrogen-bond donors (Lipinski definition) is 0. The number of hydrogen-bond acceptors (Lipinski definition) is 1. The molecule has 0 aliphatic carbocycles. The minimum Gasteiger partial charge on any atom is -0.248 e. The third kappa shape index (κ3) is 3.45. The van der Waals surface area contributed by atoms with Gasteiger partial charge in [0.05, 0.1) is 16.2 Å². The first-order chi connectivity index (χ1) is 12.8. The first-order valence-corrected chi connectivity index (χ1v) is 8.82. The van der Waals surface area contributed by atoms with Crippen molar-refractivity contribution in [2.45, 2.75) is 0 Å². The largest absolute Gasteiger partial charge is 0.248 e. The van der Waals surface area contributed by atoms with Crippen LogP contribution < -0.4 is 0 Å². The molecule has 4 rings (SSSR count). The Morgan fingerprint density at radius 3 is 2.00 bits per heavy atom. The lowest BCUT2D eigenvalue weighted by Crippen LogP contribution is -1.87. The van der Waals surface area contributed by atoms with Crippen LogP contribution in [0.25, 0.3) is 22.6 Å². The van der Waals surface area contributed by atoms with Crippen LogP contribution in [0.2, 0.25) is 5.02 Å². The van der Waals surface area contributed by atoms with E-state index in [1.54, 1.807) is 0 Å². The highest BCUT2D eigenvalue weighted by molar-refractivity contribution is 6.35. The van der Waals surface area contributed by atoms with Crippen LogP contribution in [0.5, 0.6) is 0 Å². The summed E-state index contributed by atoms with van der Waals surface area (Å²) >= 11 is 6.42. The second kappa shape index (κ2) is 7.41. The summed E-state index contributed by atoms with van der Waals surface area (Å²) in [5, 5.41) is 1.66. The van der Waals surface area contributed by atoms with Crippen molar-refractivity contribution in [3.05, 3.63) is 119 Å². The van der Waals surface area contributed by atoms with Crippen molar-refractivity contribution in [1.82, 2.24) is 4.98 Å². The van der Waals surface area contributed by atoms with Crippen LogP contribution >= 0.6 is 11.6 Å². The summed E-state index contributed by atoms with van der Waals surface area (Å²) in [5.74, 6) is 0. The first kappa shape index (κ1) is 16.4. The maximum absolute atomic E-state index is 6.42. The average molecular weight is 354 g/mol. The number of pyridine rings is 1. The molecular weight excluding hydrogens is 338 g/mol. The molecule has 1 heterocycles. The number of halogens is 1. The molecule has 0 unspecified atom stereocenters. The van der Waals surface area contributed by atoms with Crippen LogP contribution in [-0.2, 0) is 0 Å². The Labute approximate surface area is 157 Å². The van der Waals surface area contributed by atoms with E-state index in [0.717, 1.165) is 33.3 Å². The van der Waals surface area contributed by atoms with Gasteiger partial charge >= 0.3 is 0 Å². The molecule has 0 atom stereocenters. The molecule has 26 heavy (non-hydrogen) atoms. The fourth-order valence-corrected chi connectivity index (χ4v) is 3.19. The summed E-state index contributed by atoms with van der Waals surface area (Å²) in [4.78, 5) is 4.68. The Morgan fingerprint density at radius 2 is 1.35 bits per heavy atom. The molecule has 0 aliphatic heterocycles. The van der Waals surface area contributed by atoms with Gasteiger partial charge in [0.2, 0.25) is 0 Å². The lowest BCUT2D eigenvalue weighted by molar-refractivity contribution is 1.37. The molecule has 0 N–H and O–H groups in total. The molecule has 3 aromatic carbocycles. The molecule has 0 bridgehead atoms. The molecule has 1 aromatic heterocycles. The van der Waals surface area contributed by atoms with E-state index in [0.29, 0.717) is 5.02 Å². The fourth-order valence-electron chi connectivity index (χ4n) is 2.92. The van der Waals surface area contributed by atoms with Gasteiger partial charge < -0.3 is 0 Å². The Morgan fingerprint density at radius 1 is 0.769 bits per heavy atom. The zero-order valence-electron chi connectivity index (χ0n) is 14.1. The average Bonchev–Trinajstić information content (AvgIpc) is 2.70. The van der Waals surface area contributed by atoms with E-state index in [2.05, 4.69) is 35.0 Å². The third-order valence-corrected chi connectivity index (χ3v) is 4.49. The second-order valence-corrected chi connectivity index (χ2v) is 6.35. The van der Waals surface area contributed by atoms with E-state index in [4.69, 9.17) is 11.6 Å². The van der Waals surface area contributed by atoms with Crippen molar-refractivity contribution in [2.75, 3.05) is 0 Å². The second-order valence-electron chi connectivity index (χ2n) is 5.94. The van der Waals surface area contributed by atoms with E-state index >= 15 is 0 Å². The van der Waals surface area contributed by atoms with Crippen molar-refractivity contribution in [1.29, 1.82) is 0 Å². The maximum atomic E-state index is 6.42. The van der Waals surface area contributed by atoms with Crippen molar-refractivity contribution in [2.24, 2.45) is 0 Å². The van der Waals surface area contributed by atoms with Crippen LogP contribution in [-0.4, -0.2) is 4.98 Å². The van der Waals surface area contributed by atoms with Crippen molar-refractivity contribution in [3.8, 4) is 0 Å². The number of benzene rings is 3. The Balaban J connectivity index is 1.87. The maximum Gasteiger partial charge on any atom is 0.0729 e. The van der Waals surface area contributed by atoms with E-state index < -0.39 is 0 Å². The molecule has 0 aliphatic rings. The molecule has 0 radical (unpaired) electrons. The van der Waals surface area contributed by atoms with Gasteiger partial charge in [-0.15, -0.1) is 5.73 Å². The highest BCUT2D eigenvalue weighted by Gasteiger charge is 2.04. The van der Waals surface area contributed by atoms with Gasteiger partial charge in [0.1, 0.15) is 0 Å². The first-order valence-electron chi connectivity index (χ1n) is 8.44. The standard InChI is InChI=1S/C24H16ClN/c25-23-17-20(26-24-14-8-7-13-22(23)24)15-16-21(18-9-3-1-4-10-18)19-11-5-2-6-12-19/h1-15,17H. The predicted molar refractivity (Wildman–Crippen MR) is 110 cm³/mol. The zero-order valence-corrected chi connectivity index (χ0v) is 14.8. The molecule has 0 fully saturated rings. The molecule has 0 spiro atoms. The molecule has 4 aromatic rings. The Hall–Kier alpha value is -3.12. The van der Waals surface area contributed by atoms with Crippen LogP contribution in [0.3, 0.4) is 0 Å². The minimum atomic E-state index is 0.699. The number of fused-ring (bicyclic) bond motifs is 1. The van der Waals surface area contributed by atoms with Crippen LogP contribution in [0.4, 0.5) is 0 Å². The number of para-hydroxylation sites is 1.